The quantitative estimate of drug-likeness (QED) is 0.655. The topological polar surface area (TPSA) is 47.3 Å². The van der Waals surface area contributed by atoms with Crippen molar-refractivity contribution in [2.75, 3.05) is 0 Å². The lowest BCUT2D eigenvalue weighted by atomic mass is 9.80. The SMILES string of the molecule is CC1OC(C)C(C(NN)c2cc(F)ccc2F)C1C. The van der Waals surface area contributed by atoms with E-state index in [9.17, 15) is 8.78 Å². The lowest BCUT2D eigenvalue weighted by Gasteiger charge is -2.29. The van der Waals surface area contributed by atoms with E-state index in [1.807, 2.05) is 20.8 Å². The molecule has 1 heterocycles. The van der Waals surface area contributed by atoms with Gasteiger partial charge in [-0.05, 0) is 38.0 Å². The third-order valence-corrected chi connectivity index (χ3v) is 4.18. The summed E-state index contributed by atoms with van der Waals surface area (Å²) in [5.74, 6) is 4.86. The minimum Gasteiger partial charge on any atom is -0.375 e. The monoisotopic (exact) mass is 270 g/mol. The van der Waals surface area contributed by atoms with Crippen molar-refractivity contribution in [3.05, 3.63) is 35.4 Å². The van der Waals surface area contributed by atoms with Gasteiger partial charge >= 0.3 is 0 Å². The number of ether oxygens (including phenoxy) is 1. The van der Waals surface area contributed by atoms with Crippen molar-refractivity contribution < 1.29 is 13.5 Å². The van der Waals surface area contributed by atoms with Gasteiger partial charge in [0.2, 0.25) is 0 Å². The Kier molecular flexibility index (Phi) is 4.18. The van der Waals surface area contributed by atoms with E-state index in [0.29, 0.717) is 0 Å². The first kappa shape index (κ1) is 14.4. The number of nitrogens with one attached hydrogen (secondary N) is 1. The smallest absolute Gasteiger partial charge is 0.128 e. The third-order valence-electron chi connectivity index (χ3n) is 4.18. The van der Waals surface area contributed by atoms with Crippen LogP contribution in [0, 0.1) is 23.5 Å². The summed E-state index contributed by atoms with van der Waals surface area (Å²) < 4.78 is 33.0. The molecule has 3 nitrogen and oxygen atoms in total. The molecule has 0 bridgehead atoms. The summed E-state index contributed by atoms with van der Waals surface area (Å²) in [7, 11) is 0. The highest BCUT2D eigenvalue weighted by molar-refractivity contribution is 5.24. The second-order valence-electron chi connectivity index (χ2n) is 5.29. The Morgan fingerprint density at radius 3 is 2.42 bits per heavy atom. The van der Waals surface area contributed by atoms with Crippen LogP contribution in [0.1, 0.15) is 32.4 Å². The Hall–Kier alpha value is -1.04. The van der Waals surface area contributed by atoms with Crippen molar-refractivity contribution in [3.63, 3.8) is 0 Å². The molecule has 19 heavy (non-hydrogen) atoms. The van der Waals surface area contributed by atoms with Crippen molar-refractivity contribution in [2.45, 2.75) is 39.0 Å². The molecule has 1 aromatic rings. The minimum atomic E-state index is -0.469. The summed E-state index contributed by atoms with van der Waals surface area (Å²) in [4.78, 5) is 0. The van der Waals surface area contributed by atoms with Gasteiger partial charge in [0.25, 0.3) is 0 Å². The van der Waals surface area contributed by atoms with Crippen LogP contribution in [-0.4, -0.2) is 12.2 Å². The Morgan fingerprint density at radius 1 is 1.21 bits per heavy atom. The predicted octanol–water partition coefficient (Wildman–Crippen LogP) is 2.53. The van der Waals surface area contributed by atoms with E-state index in [2.05, 4.69) is 5.43 Å². The van der Waals surface area contributed by atoms with Crippen LogP contribution < -0.4 is 11.3 Å². The molecule has 0 aliphatic carbocycles. The molecule has 3 N–H and O–H groups in total. The van der Waals surface area contributed by atoms with Crippen molar-refractivity contribution in [1.29, 1.82) is 0 Å². The first-order valence-corrected chi connectivity index (χ1v) is 6.52. The maximum Gasteiger partial charge on any atom is 0.128 e. The molecule has 1 aliphatic heterocycles. The molecule has 1 fully saturated rings. The van der Waals surface area contributed by atoms with Crippen LogP contribution >= 0.6 is 0 Å². The van der Waals surface area contributed by atoms with E-state index >= 15 is 0 Å². The van der Waals surface area contributed by atoms with Crippen molar-refractivity contribution in [2.24, 2.45) is 17.7 Å². The molecule has 0 amide bonds. The lowest BCUT2D eigenvalue weighted by molar-refractivity contribution is 0.0473. The van der Waals surface area contributed by atoms with Crippen LogP contribution in [0.15, 0.2) is 18.2 Å². The van der Waals surface area contributed by atoms with Crippen LogP contribution in [0.5, 0.6) is 0 Å². The van der Waals surface area contributed by atoms with Gasteiger partial charge < -0.3 is 4.74 Å². The maximum atomic E-state index is 13.9. The molecule has 1 saturated heterocycles. The molecule has 5 heteroatoms. The summed E-state index contributed by atoms with van der Waals surface area (Å²) in [6.07, 6.45) is 0.0150. The number of halogens is 2. The Bertz CT molecular complexity index is 455. The highest BCUT2D eigenvalue weighted by Gasteiger charge is 2.42. The van der Waals surface area contributed by atoms with Crippen LogP contribution in [0.25, 0.3) is 0 Å². The largest absolute Gasteiger partial charge is 0.375 e. The fraction of sp³-hybridized carbons (Fsp3) is 0.571. The second kappa shape index (κ2) is 5.53. The van der Waals surface area contributed by atoms with Gasteiger partial charge in [-0.25, -0.2) is 8.78 Å². The molecule has 1 aromatic carbocycles. The Morgan fingerprint density at radius 2 is 1.89 bits per heavy atom. The van der Waals surface area contributed by atoms with E-state index in [4.69, 9.17) is 10.6 Å². The molecule has 0 radical (unpaired) electrons. The Balaban J connectivity index is 2.37. The first-order valence-electron chi connectivity index (χ1n) is 6.52. The van der Waals surface area contributed by atoms with Gasteiger partial charge in [-0.3, -0.25) is 11.3 Å². The molecule has 2 rings (SSSR count). The number of hydrazine groups is 1. The predicted molar refractivity (Wildman–Crippen MR) is 69.1 cm³/mol. The van der Waals surface area contributed by atoms with E-state index in [1.165, 1.54) is 6.07 Å². The molecule has 0 spiro atoms. The van der Waals surface area contributed by atoms with Crippen molar-refractivity contribution in [1.82, 2.24) is 5.43 Å². The third kappa shape index (κ3) is 2.63. The summed E-state index contributed by atoms with van der Waals surface area (Å²) in [6.45, 7) is 5.96. The van der Waals surface area contributed by atoms with E-state index < -0.39 is 17.7 Å². The second-order valence-corrected chi connectivity index (χ2v) is 5.29. The average molecular weight is 270 g/mol. The molecule has 0 saturated carbocycles. The van der Waals surface area contributed by atoms with E-state index in [-0.39, 0.29) is 29.6 Å². The average Bonchev–Trinajstić information content (AvgIpc) is 2.61. The summed E-state index contributed by atoms with van der Waals surface area (Å²) in [5, 5.41) is 0. The number of nitrogens with two attached hydrogens (primary N) is 1. The van der Waals surface area contributed by atoms with Crippen LogP contribution in [0.4, 0.5) is 8.78 Å². The minimum absolute atomic E-state index is 0.00343. The summed E-state index contributed by atoms with van der Waals surface area (Å²) in [5.41, 5.74) is 2.88. The zero-order valence-corrected chi connectivity index (χ0v) is 11.4. The zero-order chi connectivity index (χ0) is 14.2. The fourth-order valence-electron chi connectivity index (χ4n) is 3.03. The number of rotatable bonds is 3. The van der Waals surface area contributed by atoms with Crippen molar-refractivity contribution >= 4 is 0 Å². The van der Waals surface area contributed by atoms with Gasteiger partial charge in [0, 0.05) is 11.5 Å². The van der Waals surface area contributed by atoms with Crippen LogP contribution in [0.2, 0.25) is 0 Å². The number of hydrogen-bond donors (Lipinski definition) is 2. The Labute approximate surface area is 112 Å². The van der Waals surface area contributed by atoms with Crippen LogP contribution in [-0.2, 0) is 4.74 Å². The van der Waals surface area contributed by atoms with E-state index in [1.54, 1.807) is 0 Å². The summed E-state index contributed by atoms with van der Waals surface area (Å²) in [6, 6.07) is 2.96. The van der Waals surface area contributed by atoms with E-state index in [0.717, 1.165) is 12.1 Å². The first-order chi connectivity index (χ1) is 8.95. The fourth-order valence-corrected chi connectivity index (χ4v) is 3.03. The van der Waals surface area contributed by atoms with Crippen LogP contribution in [0.3, 0.4) is 0 Å². The molecular formula is C14H20F2N2O. The highest BCUT2D eigenvalue weighted by atomic mass is 19.1. The molecule has 0 aromatic heterocycles. The molecule has 106 valence electrons. The molecular weight excluding hydrogens is 250 g/mol. The molecule has 5 unspecified atom stereocenters. The lowest BCUT2D eigenvalue weighted by Crippen LogP contribution is -2.39. The highest BCUT2D eigenvalue weighted by Crippen LogP contribution is 2.40. The zero-order valence-electron chi connectivity index (χ0n) is 11.4. The summed E-state index contributed by atoms with van der Waals surface area (Å²) >= 11 is 0. The van der Waals surface area contributed by atoms with Crippen molar-refractivity contribution in [3.8, 4) is 0 Å². The van der Waals surface area contributed by atoms with Gasteiger partial charge in [0.1, 0.15) is 11.6 Å². The number of benzene rings is 1. The van der Waals surface area contributed by atoms with Gasteiger partial charge in [0.15, 0.2) is 0 Å². The van der Waals surface area contributed by atoms with Gasteiger partial charge in [0.05, 0.1) is 18.2 Å². The maximum absolute atomic E-state index is 13.9. The van der Waals surface area contributed by atoms with Gasteiger partial charge in [-0.15, -0.1) is 0 Å². The molecule has 1 aliphatic rings. The number of hydrogen-bond acceptors (Lipinski definition) is 3. The standard InChI is InChI=1S/C14H20F2N2O/c1-7-8(2)19-9(3)13(7)14(18-17)11-6-10(15)4-5-12(11)16/h4-9,13-14,18H,17H2,1-3H3. The van der Waals surface area contributed by atoms with Gasteiger partial charge in [-0.2, -0.15) is 0 Å². The normalized spacial score (nSPS) is 32.5. The molecule has 5 atom stereocenters. The van der Waals surface area contributed by atoms with Gasteiger partial charge in [-0.1, -0.05) is 6.92 Å².